The summed E-state index contributed by atoms with van der Waals surface area (Å²) in [6.07, 6.45) is 1.09. The highest BCUT2D eigenvalue weighted by atomic mass is 35.5. The van der Waals surface area contributed by atoms with E-state index in [1.54, 1.807) is 13.1 Å². The minimum atomic E-state index is -4.55. The van der Waals surface area contributed by atoms with Crippen LogP contribution in [0.4, 0.5) is 24.8 Å². The third-order valence-corrected chi connectivity index (χ3v) is 6.99. The Labute approximate surface area is 223 Å². The summed E-state index contributed by atoms with van der Waals surface area (Å²) in [6.45, 7) is 0.872. The summed E-state index contributed by atoms with van der Waals surface area (Å²) in [5.74, 6) is -0.526. The smallest absolute Gasteiger partial charge is 0.357 e. The van der Waals surface area contributed by atoms with Crippen LogP contribution in [0.3, 0.4) is 0 Å². The molecule has 0 bridgehead atoms. The van der Waals surface area contributed by atoms with Gasteiger partial charge in [-0.3, -0.25) is 4.79 Å². The average molecular weight is 577 g/mol. The molecule has 2 N–H and O–H groups in total. The van der Waals surface area contributed by atoms with Crippen molar-refractivity contribution in [2.75, 3.05) is 23.3 Å². The summed E-state index contributed by atoms with van der Waals surface area (Å²) in [5, 5.41) is 22.2. The molecule has 0 spiro atoms. The summed E-state index contributed by atoms with van der Waals surface area (Å²) >= 11 is 13.2. The molecule has 1 saturated heterocycles. The Kier molecular flexibility index (Phi) is 8.54. The van der Waals surface area contributed by atoms with Crippen molar-refractivity contribution in [3.63, 3.8) is 0 Å². The number of hydrogen-bond acceptors (Lipinski definition) is 11. The van der Waals surface area contributed by atoms with Crippen molar-refractivity contribution in [1.29, 1.82) is 0 Å². The summed E-state index contributed by atoms with van der Waals surface area (Å²) < 4.78 is 38.3. The second-order valence-electron chi connectivity index (χ2n) is 8.50. The number of hydrogen-bond donors (Lipinski definition) is 2. The monoisotopic (exact) mass is 576 g/mol. The number of nitrogens with one attached hydrogen (secondary N) is 2. The standard InChI is InChI=1S/C20H21Cl2F3N10OS/c1-10(15(16(36)27-9-20(23,24)25)30-13-6-28-33-18(21)31-13)4-11-5-12(17-26-2-3-37-17)35(8-11)14-7-29-34-19(22)32-14/h2-3,6-7,10-12,15H,4-5,8-9H2,1H3,(H,27,36)(H,30,31,33)/t10?,11?,12?,15-/m1/s1. The van der Waals surface area contributed by atoms with Crippen molar-refractivity contribution in [2.45, 2.75) is 38.0 Å². The van der Waals surface area contributed by atoms with Crippen LogP contribution in [0.25, 0.3) is 0 Å². The fraction of sp³-hybridized carbons (Fsp3) is 0.500. The fourth-order valence-corrected chi connectivity index (χ4v) is 5.36. The zero-order valence-corrected chi connectivity index (χ0v) is 21.6. The summed E-state index contributed by atoms with van der Waals surface area (Å²) in [7, 11) is 0. The van der Waals surface area contributed by atoms with Crippen LogP contribution in [0.5, 0.6) is 0 Å². The van der Waals surface area contributed by atoms with E-state index in [0.717, 1.165) is 5.01 Å². The molecule has 1 amide bonds. The second kappa shape index (κ2) is 11.6. The van der Waals surface area contributed by atoms with Crippen LogP contribution in [-0.2, 0) is 4.79 Å². The maximum atomic E-state index is 12.8. The first-order valence-electron chi connectivity index (χ1n) is 11.1. The molecule has 37 heavy (non-hydrogen) atoms. The van der Waals surface area contributed by atoms with Crippen LogP contribution < -0.4 is 15.5 Å². The Bertz CT molecular complexity index is 1210. The first kappa shape index (κ1) is 27.1. The molecule has 1 fully saturated rings. The molecule has 4 rings (SSSR count). The molecule has 0 aromatic carbocycles. The Morgan fingerprint density at radius 1 is 1.22 bits per heavy atom. The number of aromatic nitrogens is 7. The molecule has 0 saturated carbocycles. The lowest BCUT2D eigenvalue weighted by Gasteiger charge is -2.27. The molecule has 198 valence electrons. The van der Waals surface area contributed by atoms with Crippen LogP contribution in [0.2, 0.25) is 10.6 Å². The zero-order valence-electron chi connectivity index (χ0n) is 19.2. The van der Waals surface area contributed by atoms with Crippen molar-refractivity contribution in [1.82, 2.24) is 40.7 Å². The highest BCUT2D eigenvalue weighted by Crippen LogP contribution is 2.41. The molecule has 3 aromatic rings. The van der Waals surface area contributed by atoms with Crippen LogP contribution in [0.15, 0.2) is 24.0 Å². The third kappa shape index (κ3) is 7.32. The van der Waals surface area contributed by atoms with Gasteiger partial charge >= 0.3 is 6.18 Å². The normalized spacial score (nSPS) is 19.5. The highest BCUT2D eigenvalue weighted by molar-refractivity contribution is 7.09. The van der Waals surface area contributed by atoms with E-state index in [-0.39, 0.29) is 28.3 Å². The van der Waals surface area contributed by atoms with Crippen LogP contribution in [0, 0.1) is 11.8 Å². The van der Waals surface area contributed by atoms with E-state index in [0.29, 0.717) is 25.2 Å². The Hall–Kier alpha value is -2.91. The third-order valence-electron chi connectivity index (χ3n) is 5.79. The number of carbonyl (C=O) groups is 1. The van der Waals surface area contributed by atoms with Crippen molar-refractivity contribution < 1.29 is 18.0 Å². The maximum absolute atomic E-state index is 12.8. The summed E-state index contributed by atoms with van der Waals surface area (Å²) in [5.41, 5.74) is 0. The Balaban J connectivity index is 1.52. The molecular weight excluding hydrogens is 556 g/mol. The minimum Gasteiger partial charge on any atom is -0.357 e. The minimum absolute atomic E-state index is 0.00919. The molecule has 4 heterocycles. The average Bonchev–Trinajstić information content (AvgIpc) is 3.51. The number of halogens is 5. The number of rotatable bonds is 9. The van der Waals surface area contributed by atoms with E-state index in [2.05, 4.69) is 40.7 Å². The lowest BCUT2D eigenvalue weighted by atomic mass is 9.88. The zero-order chi connectivity index (χ0) is 26.6. The largest absolute Gasteiger partial charge is 0.405 e. The molecule has 1 aliphatic rings. The van der Waals surface area contributed by atoms with E-state index >= 15 is 0 Å². The molecular formula is C20H21Cl2F3N10OS. The van der Waals surface area contributed by atoms with Gasteiger partial charge in [-0.05, 0) is 47.9 Å². The number of amides is 1. The van der Waals surface area contributed by atoms with Gasteiger partial charge in [-0.1, -0.05) is 6.92 Å². The van der Waals surface area contributed by atoms with Crippen LogP contribution in [-0.4, -0.2) is 66.6 Å². The molecule has 3 unspecified atom stereocenters. The van der Waals surface area contributed by atoms with E-state index in [9.17, 15) is 18.0 Å². The van der Waals surface area contributed by atoms with Gasteiger partial charge in [0, 0.05) is 18.1 Å². The number of carbonyl (C=O) groups excluding carboxylic acids is 1. The Morgan fingerprint density at radius 3 is 2.59 bits per heavy atom. The summed E-state index contributed by atoms with van der Waals surface area (Å²) in [6, 6.07) is -1.15. The van der Waals surface area contributed by atoms with Gasteiger partial charge in [-0.15, -0.1) is 21.5 Å². The van der Waals surface area contributed by atoms with Crippen LogP contribution in [0.1, 0.15) is 30.8 Å². The van der Waals surface area contributed by atoms with E-state index in [4.69, 9.17) is 23.2 Å². The van der Waals surface area contributed by atoms with Gasteiger partial charge in [0.2, 0.25) is 16.5 Å². The van der Waals surface area contributed by atoms with Gasteiger partial charge in [-0.25, -0.2) is 4.98 Å². The molecule has 1 aliphatic heterocycles. The van der Waals surface area contributed by atoms with Crippen LogP contribution >= 0.6 is 34.5 Å². The molecule has 0 radical (unpaired) electrons. The molecule has 11 nitrogen and oxygen atoms in total. The van der Waals surface area contributed by atoms with Crippen molar-refractivity contribution in [3.8, 4) is 0 Å². The second-order valence-corrected chi connectivity index (χ2v) is 10.1. The topological polar surface area (TPSA) is 135 Å². The predicted molar refractivity (Wildman–Crippen MR) is 130 cm³/mol. The quantitative estimate of drug-likeness (QED) is 0.389. The molecule has 4 atom stereocenters. The first-order chi connectivity index (χ1) is 17.6. The maximum Gasteiger partial charge on any atom is 0.405 e. The van der Waals surface area contributed by atoms with Crippen molar-refractivity contribution in [2.24, 2.45) is 11.8 Å². The SMILES string of the molecule is CC(CC1CC(c2nccs2)N(c2cnnc(Cl)n2)C1)[C@@H](Nc1cnnc(Cl)n1)C(=O)NCC(F)(F)F. The predicted octanol–water partition coefficient (Wildman–Crippen LogP) is 3.57. The van der Waals surface area contributed by atoms with Gasteiger partial charge in [0.15, 0.2) is 11.6 Å². The van der Waals surface area contributed by atoms with Gasteiger partial charge < -0.3 is 15.5 Å². The van der Waals surface area contributed by atoms with Crippen molar-refractivity contribution >= 4 is 52.1 Å². The Morgan fingerprint density at radius 2 is 1.95 bits per heavy atom. The fourth-order valence-electron chi connectivity index (χ4n) is 4.33. The molecule has 3 aromatic heterocycles. The van der Waals surface area contributed by atoms with Gasteiger partial charge in [0.05, 0.1) is 18.4 Å². The number of anilines is 2. The van der Waals surface area contributed by atoms with Gasteiger partial charge in [-0.2, -0.15) is 33.3 Å². The number of alkyl halides is 3. The van der Waals surface area contributed by atoms with Crippen molar-refractivity contribution in [3.05, 3.63) is 39.5 Å². The van der Waals surface area contributed by atoms with E-state index in [1.165, 1.54) is 23.7 Å². The van der Waals surface area contributed by atoms with Gasteiger partial charge in [0.1, 0.15) is 17.6 Å². The summed E-state index contributed by atoms with van der Waals surface area (Å²) in [4.78, 5) is 27.5. The number of thiazole rings is 1. The lowest BCUT2D eigenvalue weighted by Crippen LogP contribution is -2.47. The molecule has 17 heteroatoms. The first-order valence-corrected chi connectivity index (χ1v) is 12.7. The highest BCUT2D eigenvalue weighted by Gasteiger charge is 2.39. The number of nitrogens with zero attached hydrogens (tertiary/aromatic N) is 8. The van der Waals surface area contributed by atoms with Gasteiger partial charge in [0.25, 0.3) is 0 Å². The van der Waals surface area contributed by atoms with E-state index in [1.807, 2.05) is 15.6 Å². The van der Waals surface area contributed by atoms with E-state index < -0.39 is 30.6 Å². The lowest BCUT2D eigenvalue weighted by molar-refractivity contribution is -0.139. The molecule has 0 aliphatic carbocycles.